The van der Waals surface area contributed by atoms with E-state index in [0.29, 0.717) is 5.92 Å². The molecule has 15 heavy (non-hydrogen) atoms. The van der Waals surface area contributed by atoms with Gasteiger partial charge >= 0.3 is 0 Å². The van der Waals surface area contributed by atoms with Gasteiger partial charge in [-0.3, -0.25) is 0 Å². The van der Waals surface area contributed by atoms with E-state index >= 15 is 0 Å². The van der Waals surface area contributed by atoms with Crippen molar-refractivity contribution >= 4 is 15.9 Å². The van der Waals surface area contributed by atoms with E-state index in [1.165, 1.54) is 31.2 Å². The topological polar surface area (TPSA) is 26.0 Å². The minimum Gasteiger partial charge on any atom is -0.330 e. The lowest BCUT2D eigenvalue weighted by Gasteiger charge is -2.15. The highest BCUT2D eigenvalue weighted by atomic mass is 79.9. The molecule has 1 aromatic rings. The van der Waals surface area contributed by atoms with Gasteiger partial charge in [0.25, 0.3) is 0 Å². The maximum atomic E-state index is 5.82. The summed E-state index contributed by atoms with van der Waals surface area (Å²) in [6.07, 6.45) is 5.08. The second kappa shape index (κ2) is 7.02. The van der Waals surface area contributed by atoms with Crippen molar-refractivity contribution in [3.8, 4) is 0 Å². The van der Waals surface area contributed by atoms with Crippen molar-refractivity contribution in [2.45, 2.75) is 38.5 Å². The van der Waals surface area contributed by atoms with E-state index in [9.17, 15) is 0 Å². The summed E-state index contributed by atoms with van der Waals surface area (Å²) in [6.45, 7) is 2.98. The van der Waals surface area contributed by atoms with Gasteiger partial charge in [0, 0.05) is 4.47 Å². The third-order valence-corrected chi connectivity index (χ3v) is 3.25. The number of rotatable bonds is 6. The molecule has 0 bridgehead atoms. The predicted molar refractivity (Wildman–Crippen MR) is 70.1 cm³/mol. The van der Waals surface area contributed by atoms with E-state index in [1.807, 2.05) is 0 Å². The maximum Gasteiger partial charge on any atom is 0.0178 e. The fourth-order valence-electron chi connectivity index (χ4n) is 1.82. The molecule has 0 spiro atoms. The molecule has 0 aromatic heterocycles. The molecule has 0 amide bonds. The Hall–Kier alpha value is -0.340. The zero-order chi connectivity index (χ0) is 11.1. The van der Waals surface area contributed by atoms with Crippen molar-refractivity contribution < 1.29 is 0 Å². The first-order valence-electron chi connectivity index (χ1n) is 5.73. The van der Waals surface area contributed by atoms with Crippen LogP contribution < -0.4 is 5.73 Å². The molecule has 1 rings (SSSR count). The van der Waals surface area contributed by atoms with E-state index in [2.05, 4.69) is 47.1 Å². The summed E-state index contributed by atoms with van der Waals surface area (Å²) in [5, 5.41) is 0. The molecular weight excluding hydrogens is 250 g/mol. The molecule has 0 radical (unpaired) electrons. The molecule has 1 atom stereocenters. The average molecular weight is 270 g/mol. The third kappa shape index (κ3) is 4.35. The van der Waals surface area contributed by atoms with Gasteiger partial charge in [-0.05, 0) is 36.6 Å². The molecule has 2 heteroatoms. The van der Waals surface area contributed by atoms with Crippen LogP contribution >= 0.6 is 15.9 Å². The minimum atomic E-state index is 0.522. The normalized spacial score (nSPS) is 12.7. The highest BCUT2D eigenvalue weighted by molar-refractivity contribution is 9.10. The predicted octanol–water partition coefficient (Wildman–Crippen LogP) is 4.07. The number of hydrogen-bond acceptors (Lipinski definition) is 1. The molecule has 0 heterocycles. The van der Waals surface area contributed by atoms with Gasteiger partial charge in [0.1, 0.15) is 0 Å². The highest BCUT2D eigenvalue weighted by Crippen LogP contribution is 2.24. The second-order valence-corrected chi connectivity index (χ2v) is 4.90. The lowest BCUT2D eigenvalue weighted by Crippen LogP contribution is -2.12. The first-order chi connectivity index (χ1) is 7.27. The third-order valence-electron chi connectivity index (χ3n) is 2.76. The summed E-state index contributed by atoms with van der Waals surface area (Å²) in [6, 6.07) is 8.50. The molecule has 84 valence electrons. The molecule has 0 saturated heterocycles. The quantitative estimate of drug-likeness (QED) is 0.775. The van der Waals surface area contributed by atoms with Crippen LogP contribution in [-0.2, 0) is 0 Å². The molecule has 1 unspecified atom stereocenters. The van der Waals surface area contributed by atoms with E-state index in [4.69, 9.17) is 5.73 Å². The van der Waals surface area contributed by atoms with Crippen LogP contribution in [0.4, 0.5) is 0 Å². The Bertz CT molecular complexity index is 286. The van der Waals surface area contributed by atoms with Crippen molar-refractivity contribution in [2.75, 3.05) is 6.54 Å². The summed E-state index contributed by atoms with van der Waals surface area (Å²) in [4.78, 5) is 0. The molecule has 0 fully saturated rings. The first-order valence-corrected chi connectivity index (χ1v) is 6.52. The monoisotopic (exact) mass is 269 g/mol. The highest BCUT2D eigenvalue weighted by Gasteiger charge is 2.09. The zero-order valence-electron chi connectivity index (χ0n) is 9.38. The lowest BCUT2D eigenvalue weighted by molar-refractivity contribution is 0.572. The summed E-state index contributed by atoms with van der Waals surface area (Å²) >= 11 is 3.50. The Kier molecular flexibility index (Phi) is 5.96. The fourth-order valence-corrected chi connectivity index (χ4v) is 2.24. The maximum absolute atomic E-state index is 5.82. The van der Waals surface area contributed by atoms with Gasteiger partial charge in [0.05, 0.1) is 0 Å². The molecule has 0 aliphatic carbocycles. The Morgan fingerprint density at radius 3 is 2.73 bits per heavy atom. The van der Waals surface area contributed by atoms with E-state index < -0.39 is 0 Å². The van der Waals surface area contributed by atoms with Crippen LogP contribution in [0.5, 0.6) is 0 Å². The van der Waals surface area contributed by atoms with Crippen molar-refractivity contribution in [1.82, 2.24) is 0 Å². The minimum absolute atomic E-state index is 0.522. The largest absolute Gasteiger partial charge is 0.330 e. The number of hydrogen-bond donors (Lipinski definition) is 1. The Morgan fingerprint density at radius 1 is 1.33 bits per heavy atom. The van der Waals surface area contributed by atoms with E-state index in [1.54, 1.807) is 0 Å². The van der Waals surface area contributed by atoms with Crippen LogP contribution in [-0.4, -0.2) is 6.54 Å². The number of benzene rings is 1. The van der Waals surface area contributed by atoms with E-state index in [0.717, 1.165) is 11.0 Å². The standard InChI is InChI=1S/C13H20BrN/c1-2-3-4-6-12(10-15)11-7-5-8-13(14)9-11/h5,7-9,12H,2-4,6,10,15H2,1H3. The first kappa shape index (κ1) is 12.7. The summed E-state index contributed by atoms with van der Waals surface area (Å²) in [5.41, 5.74) is 7.19. The van der Waals surface area contributed by atoms with Gasteiger partial charge in [-0.15, -0.1) is 0 Å². The van der Waals surface area contributed by atoms with Gasteiger partial charge < -0.3 is 5.73 Å². The van der Waals surface area contributed by atoms with Crippen LogP contribution in [0.2, 0.25) is 0 Å². The van der Waals surface area contributed by atoms with Crippen molar-refractivity contribution in [2.24, 2.45) is 5.73 Å². The van der Waals surface area contributed by atoms with E-state index in [-0.39, 0.29) is 0 Å². The number of unbranched alkanes of at least 4 members (excludes halogenated alkanes) is 2. The molecule has 0 saturated carbocycles. The number of halogens is 1. The molecule has 2 N–H and O–H groups in total. The lowest BCUT2D eigenvalue weighted by atomic mass is 9.93. The van der Waals surface area contributed by atoms with Gasteiger partial charge in [0.15, 0.2) is 0 Å². The molecular formula is C13H20BrN. The summed E-state index contributed by atoms with van der Waals surface area (Å²) in [5.74, 6) is 0.522. The molecule has 1 aromatic carbocycles. The van der Waals surface area contributed by atoms with Gasteiger partial charge in [-0.1, -0.05) is 54.2 Å². The van der Waals surface area contributed by atoms with Crippen LogP contribution in [0.15, 0.2) is 28.7 Å². The summed E-state index contributed by atoms with van der Waals surface area (Å²) < 4.78 is 1.15. The summed E-state index contributed by atoms with van der Waals surface area (Å²) in [7, 11) is 0. The zero-order valence-corrected chi connectivity index (χ0v) is 11.0. The van der Waals surface area contributed by atoms with Gasteiger partial charge in [-0.25, -0.2) is 0 Å². The van der Waals surface area contributed by atoms with Gasteiger partial charge in [-0.2, -0.15) is 0 Å². The Balaban J connectivity index is 2.57. The van der Waals surface area contributed by atoms with Crippen LogP contribution in [0.25, 0.3) is 0 Å². The second-order valence-electron chi connectivity index (χ2n) is 3.98. The van der Waals surface area contributed by atoms with Crippen LogP contribution in [0.3, 0.4) is 0 Å². The molecule has 0 aliphatic rings. The van der Waals surface area contributed by atoms with Crippen molar-refractivity contribution in [3.05, 3.63) is 34.3 Å². The number of nitrogens with two attached hydrogens (primary N) is 1. The van der Waals surface area contributed by atoms with Crippen molar-refractivity contribution in [1.29, 1.82) is 0 Å². The Labute approximate surface area is 101 Å². The average Bonchev–Trinajstić information content (AvgIpc) is 2.24. The van der Waals surface area contributed by atoms with Crippen LogP contribution in [0.1, 0.15) is 44.1 Å². The molecule has 0 aliphatic heterocycles. The van der Waals surface area contributed by atoms with Gasteiger partial charge in [0.2, 0.25) is 0 Å². The smallest absolute Gasteiger partial charge is 0.0178 e. The Morgan fingerprint density at radius 2 is 2.13 bits per heavy atom. The fraction of sp³-hybridized carbons (Fsp3) is 0.538. The van der Waals surface area contributed by atoms with Crippen LogP contribution in [0, 0.1) is 0 Å². The van der Waals surface area contributed by atoms with Crippen molar-refractivity contribution in [3.63, 3.8) is 0 Å². The SMILES string of the molecule is CCCCCC(CN)c1cccc(Br)c1. The molecule has 1 nitrogen and oxygen atoms in total.